The summed E-state index contributed by atoms with van der Waals surface area (Å²) in [5.74, 6) is 0.777. The molecule has 1 fully saturated rings. The predicted octanol–water partition coefficient (Wildman–Crippen LogP) is 2.75. The highest BCUT2D eigenvalue weighted by Crippen LogP contribution is 2.25. The Balaban J connectivity index is 1.49. The number of rotatable bonds is 4. The molecule has 1 aromatic carbocycles. The van der Waals surface area contributed by atoms with Gasteiger partial charge >= 0.3 is 0 Å². The lowest BCUT2D eigenvalue weighted by atomic mass is 10.1. The van der Waals surface area contributed by atoms with Crippen LogP contribution in [0.3, 0.4) is 0 Å². The number of hydrogen-bond donors (Lipinski definition) is 1. The molecule has 0 aliphatic carbocycles. The summed E-state index contributed by atoms with van der Waals surface area (Å²) in [6.07, 6.45) is 3.70. The van der Waals surface area contributed by atoms with Crippen LogP contribution in [-0.4, -0.2) is 44.8 Å². The van der Waals surface area contributed by atoms with E-state index in [-0.39, 0.29) is 6.10 Å². The molecule has 25 heavy (non-hydrogen) atoms. The Kier molecular flexibility index (Phi) is 4.54. The topological polar surface area (TPSA) is 66.9 Å². The van der Waals surface area contributed by atoms with Crippen LogP contribution in [0, 0.1) is 6.92 Å². The van der Waals surface area contributed by atoms with Crippen molar-refractivity contribution in [3.05, 3.63) is 65.9 Å². The van der Waals surface area contributed by atoms with E-state index in [1.807, 2.05) is 37.4 Å². The van der Waals surface area contributed by atoms with Gasteiger partial charge in [0.25, 0.3) is 0 Å². The molecule has 128 valence electrons. The minimum atomic E-state index is -0.0115. The zero-order valence-corrected chi connectivity index (χ0v) is 14.2. The van der Waals surface area contributed by atoms with E-state index >= 15 is 0 Å². The molecule has 0 saturated carbocycles. The van der Waals surface area contributed by atoms with Gasteiger partial charge in [-0.25, -0.2) is 9.97 Å². The minimum Gasteiger partial charge on any atom is -0.369 e. The number of ether oxygens (including phenoxy) is 1. The maximum atomic E-state index is 5.93. The highest BCUT2D eigenvalue weighted by Gasteiger charge is 2.24. The SMILES string of the molecule is Cc1nccc([C@@H]2CN(Cc3cn[nH]c3-c3ccccc3)CCO2)n1. The molecule has 0 bridgehead atoms. The standard InChI is InChI=1S/C19H21N5O/c1-14-20-8-7-17(22-14)18-13-24(9-10-25-18)12-16-11-21-23-19(16)15-5-3-2-4-6-15/h2-8,11,18H,9-10,12-13H2,1H3,(H,21,23)/t18-/m0/s1. The zero-order chi connectivity index (χ0) is 17.1. The Morgan fingerprint density at radius 3 is 2.96 bits per heavy atom. The van der Waals surface area contributed by atoms with Crippen molar-refractivity contribution in [3.8, 4) is 11.3 Å². The van der Waals surface area contributed by atoms with Crippen LogP contribution >= 0.6 is 0 Å². The van der Waals surface area contributed by atoms with E-state index in [1.165, 1.54) is 5.56 Å². The molecule has 1 aliphatic heterocycles. The Hall–Kier alpha value is -2.57. The Labute approximate surface area is 146 Å². The Morgan fingerprint density at radius 2 is 2.12 bits per heavy atom. The highest BCUT2D eigenvalue weighted by atomic mass is 16.5. The molecule has 1 aliphatic rings. The maximum absolute atomic E-state index is 5.93. The van der Waals surface area contributed by atoms with Crippen LogP contribution in [0.15, 0.2) is 48.8 Å². The third-order valence-corrected chi connectivity index (χ3v) is 4.45. The lowest BCUT2D eigenvalue weighted by Crippen LogP contribution is -2.38. The van der Waals surface area contributed by atoms with Crippen LogP contribution in [0.5, 0.6) is 0 Å². The van der Waals surface area contributed by atoms with Crippen molar-refractivity contribution in [2.75, 3.05) is 19.7 Å². The van der Waals surface area contributed by atoms with Crippen LogP contribution in [0.4, 0.5) is 0 Å². The van der Waals surface area contributed by atoms with Crippen molar-refractivity contribution < 1.29 is 4.74 Å². The quantitative estimate of drug-likeness (QED) is 0.794. The fourth-order valence-corrected chi connectivity index (χ4v) is 3.21. The van der Waals surface area contributed by atoms with Gasteiger partial charge in [-0.05, 0) is 18.6 Å². The molecule has 2 aromatic heterocycles. The molecule has 6 nitrogen and oxygen atoms in total. The van der Waals surface area contributed by atoms with Gasteiger partial charge in [0, 0.05) is 31.4 Å². The Morgan fingerprint density at radius 1 is 1.24 bits per heavy atom. The molecular weight excluding hydrogens is 314 g/mol. The second kappa shape index (κ2) is 7.13. The summed E-state index contributed by atoms with van der Waals surface area (Å²) < 4.78 is 5.93. The van der Waals surface area contributed by atoms with E-state index in [0.29, 0.717) is 6.61 Å². The van der Waals surface area contributed by atoms with Gasteiger partial charge < -0.3 is 4.74 Å². The molecule has 0 unspecified atom stereocenters. The molecule has 0 radical (unpaired) electrons. The summed E-state index contributed by atoms with van der Waals surface area (Å²) in [4.78, 5) is 11.1. The lowest BCUT2D eigenvalue weighted by molar-refractivity contribution is -0.0350. The van der Waals surface area contributed by atoms with Crippen LogP contribution < -0.4 is 0 Å². The molecule has 1 N–H and O–H groups in total. The molecule has 1 atom stereocenters. The third kappa shape index (κ3) is 3.60. The summed E-state index contributed by atoms with van der Waals surface area (Å²) in [5, 5.41) is 7.38. The summed E-state index contributed by atoms with van der Waals surface area (Å²) >= 11 is 0. The van der Waals surface area contributed by atoms with Gasteiger partial charge in [0.05, 0.1) is 24.2 Å². The summed E-state index contributed by atoms with van der Waals surface area (Å²) in [7, 11) is 0. The van der Waals surface area contributed by atoms with Crippen molar-refractivity contribution in [1.82, 2.24) is 25.1 Å². The average Bonchev–Trinajstić information content (AvgIpc) is 3.11. The van der Waals surface area contributed by atoms with Crippen LogP contribution in [0.1, 0.15) is 23.2 Å². The van der Waals surface area contributed by atoms with Gasteiger partial charge in [0.2, 0.25) is 0 Å². The van der Waals surface area contributed by atoms with Gasteiger partial charge in [-0.1, -0.05) is 30.3 Å². The average molecular weight is 335 g/mol. The van der Waals surface area contributed by atoms with Crippen molar-refractivity contribution in [3.63, 3.8) is 0 Å². The number of aryl methyl sites for hydroxylation is 1. The summed E-state index contributed by atoms with van der Waals surface area (Å²) in [6.45, 7) is 5.16. The molecule has 4 rings (SSSR count). The normalized spacial score (nSPS) is 18.4. The number of aromatic nitrogens is 4. The van der Waals surface area contributed by atoms with Gasteiger partial charge in [-0.2, -0.15) is 5.10 Å². The number of H-pyrrole nitrogens is 1. The minimum absolute atomic E-state index is 0.0115. The smallest absolute Gasteiger partial charge is 0.125 e. The molecule has 0 spiro atoms. The first-order valence-electron chi connectivity index (χ1n) is 8.51. The number of morpholine rings is 1. The lowest BCUT2D eigenvalue weighted by Gasteiger charge is -2.32. The fraction of sp³-hybridized carbons (Fsp3) is 0.316. The van der Waals surface area contributed by atoms with Crippen molar-refractivity contribution >= 4 is 0 Å². The summed E-state index contributed by atoms with van der Waals surface area (Å²) in [6, 6.07) is 12.3. The molecular formula is C19H21N5O. The van der Waals surface area contributed by atoms with Crippen LogP contribution in [0.2, 0.25) is 0 Å². The number of hydrogen-bond acceptors (Lipinski definition) is 5. The predicted molar refractivity (Wildman–Crippen MR) is 94.8 cm³/mol. The molecule has 6 heteroatoms. The van der Waals surface area contributed by atoms with E-state index in [0.717, 1.165) is 42.4 Å². The zero-order valence-electron chi connectivity index (χ0n) is 14.2. The number of nitrogens with one attached hydrogen (secondary N) is 1. The molecule has 3 aromatic rings. The van der Waals surface area contributed by atoms with E-state index in [2.05, 4.69) is 37.2 Å². The number of nitrogens with zero attached hydrogens (tertiary/aromatic N) is 4. The van der Waals surface area contributed by atoms with Gasteiger partial charge in [0.15, 0.2) is 0 Å². The van der Waals surface area contributed by atoms with Gasteiger partial charge in [-0.3, -0.25) is 10.00 Å². The third-order valence-electron chi connectivity index (χ3n) is 4.45. The second-order valence-corrected chi connectivity index (χ2v) is 6.26. The van der Waals surface area contributed by atoms with Gasteiger partial charge in [-0.15, -0.1) is 0 Å². The van der Waals surface area contributed by atoms with Crippen LogP contribution in [-0.2, 0) is 11.3 Å². The van der Waals surface area contributed by atoms with Crippen molar-refractivity contribution in [2.24, 2.45) is 0 Å². The first kappa shape index (κ1) is 15.9. The number of benzene rings is 1. The molecule has 1 saturated heterocycles. The van der Waals surface area contributed by atoms with Gasteiger partial charge in [0.1, 0.15) is 11.9 Å². The Bertz CT molecular complexity index is 833. The van der Waals surface area contributed by atoms with Crippen molar-refractivity contribution in [2.45, 2.75) is 19.6 Å². The fourth-order valence-electron chi connectivity index (χ4n) is 3.21. The van der Waals surface area contributed by atoms with E-state index < -0.39 is 0 Å². The first-order chi connectivity index (χ1) is 12.3. The molecule has 0 amide bonds. The van der Waals surface area contributed by atoms with E-state index in [9.17, 15) is 0 Å². The molecule has 3 heterocycles. The van der Waals surface area contributed by atoms with E-state index in [4.69, 9.17) is 4.74 Å². The monoisotopic (exact) mass is 335 g/mol. The number of aromatic amines is 1. The van der Waals surface area contributed by atoms with Crippen molar-refractivity contribution in [1.29, 1.82) is 0 Å². The second-order valence-electron chi connectivity index (χ2n) is 6.26. The first-order valence-corrected chi connectivity index (χ1v) is 8.51. The summed E-state index contributed by atoms with van der Waals surface area (Å²) in [5.41, 5.74) is 4.39. The largest absolute Gasteiger partial charge is 0.369 e. The van der Waals surface area contributed by atoms with E-state index in [1.54, 1.807) is 6.20 Å². The maximum Gasteiger partial charge on any atom is 0.125 e. The highest BCUT2D eigenvalue weighted by molar-refractivity contribution is 5.62. The van der Waals surface area contributed by atoms with Crippen LogP contribution in [0.25, 0.3) is 11.3 Å².